The first-order chi connectivity index (χ1) is 10.9. The molecule has 0 spiro atoms. The van der Waals surface area contributed by atoms with Gasteiger partial charge in [-0.3, -0.25) is 0 Å². The summed E-state index contributed by atoms with van der Waals surface area (Å²) in [6.45, 7) is 7.41. The fraction of sp³-hybridized carbons (Fsp3) is 0.625. The van der Waals surface area contributed by atoms with E-state index in [1.54, 1.807) is 0 Å². The van der Waals surface area contributed by atoms with Crippen LogP contribution in [0.5, 0.6) is 0 Å². The Morgan fingerprint density at radius 2 is 1.32 bits per heavy atom. The van der Waals surface area contributed by atoms with Crippen LogP contribution < -0.4 is 10.2 Å². The van der Waals surface area contributed by atoms with E-state index >= 15 is 0 Å². The van der Waals surface area contributed by atoms with Crippen LogP contribution in [-0.2, 0) is 14.2 Å². The number of nitrogens with one attached hydrogen (secondary N) is 1. The summed E-state index contributed by atoms with van der Waals surface area (Å²) < 4.78 is 16.8. The molecule has 1 saturated heterocycles. The third-order valence-corrected chi connectivity index (χ3v) is 3.67. The number of rotatable bonds is 1. The molecule has 0 bridgehead atoms. The molecule has 1 aliphatic heterocycles. The van der Waals surface area contributed by atoms with Gasteiger partial charge in [0.05, 0.1) is 39.6 Å². The zero-order chi connectivity index (χ0) is 15.5. The Morgan fingerprint density at radius 3 is 1.95 bits per heavy atom. The van der Waals surface area contributed by atoms with Crippen molar-refractivity contribution < 1.29 is 14.2 Å². The van der Waals surface area contributed by atoms with E-state index in [1.807, 2.05) is 24.3 Å². The van der Waals surface area contributed by atoms with Crippen LogP contribution >= 0.6 is 11.6 Å². The maximum Gasteiger partial charge on any atom is 0.0701 e. The Hall–Kier alpha value is -0.850. The molecule has 22 heavy (non-hydrogen) atoms. The number of anilines is 1. The molecule has 1 N–H and O–H groups in total. The van der Waals surface area contributed by atoms with Crippen LogP contribution in [0.2, 0.25) is 5.02 Å². The molecule has 0 unspecified atom stereocenters. The molecule has 0 saturated carbocycles. The third kappa shape index (κ3) is 6.94. The van der Waals surface area contributed by atoms with Crippen molar-refractivity contribution in [3.05, 3.63) is 29.3 Å². The van der Waals surface area contributed by atoms with Crippen molar-refractivity contribution in [2.45, 2.75) is 0 Å². The lowest BCUT2D eigenvalue weighted by Crippen LogP contribution is -2.31. The third-order valence-electron chi connectivity index (χ3n) is 3.42. The Bertz CT molecular complexity index is 387. The lowest BCUT2D eigenvalue weighted by molar-refractivity contribution is 0.0516. The highest BCUT2D eigenvalue weighted by Gasteiger charge is 2.07. The zero-order valence-corrected chi connectivity index (χ0v) is 13.7. The molecule has 1 aromatic rings. The van der Waals surface area contributed by atoms with E-state index in [1.165, 1.54) is 0 Å². The molecule has 1 aromatic carbocycles. The zero-order valence-electron chi connectivity index (χ0n) is 12.9. The van der Waals surface area contributed by atoms with Crippen molar-refractivity contribution in [1.29, 1.82) is 0 Å². The van der Waals surface area contributed by atoms with Gasteiger partial charge < -0.3 is 24.4 Å². The second-order valence-corrected chi connectivity index (χ2v) is 5.49. The molecule has 0 atom stereocenters. The summed E-state index contributed by atoms with van der Waals surface area (Å²) in [5.41, 5.74) is 1.13. The first-order valence-corrected chi connectivity index (χ1v) is 8.18. The number of nitrogens with zero attached hydrogens (tertiary/aromatic N) is 1. The smallest absolute Gasteiger partial charge is 0.0701 e. The molecule has 0 aliphatic carbocycles. The van der Waals surface area contributed by atoms with Gasteiger partial charge >= 0.3 is 0 Å². The summed E-state index contributed by atoms with van der Waals surface area (Å²) in [7, 11) is 0. The fourth-order valence-electron chi connectivity index (χ4n) is 2.21. The molecule has 6 heteroatoms. The predicted octanol–water partition coefficient (Wildman–Crippen LogP) is 1.80. The molecule has 5 nitrogen and oxygen atoms in total. The van der Waals surface area contributed by atoms with Crippen LogP contribution in [-0.4, -0.2) is 65.8 Å². The first kappa shape index (κ1) is 17.5. The van der Waals surface area contributed by atoms with Crippen LogP contribution in [0.4, 0.5) is 5.69 Å². The molecular formula is C16H25ClN2O3. The molecule has 1 fully saturated rings. The molecule has 0 amide bonds. The summed E-state index contributed by atoms with van der Waals surface area (Å²) >= 11 is 5.96. The van der Waals surface area contributed by atoms with Gasteiger partial charge in [-0.1, -0.05) is 11.6 Å². The van der Waals surface area contributed by atoms with Gasteiger partial charge in [-0.15, -0.1) is 0 Å². The van der Waals surface area contributed by atoms with Crippen LogP contribution in [0.15, 0.2) is 24.3 Å². The Morgan fingerprint density at radius 1 is 0.773 bits per heavy atom. The summed E-state index contributed by atoms with van der Waals surface area (Å²) in [6.07, 6.45) is 0. The van der Waals surface area contributed by atoms with Crippen molar-refractivity contribution in [1.82, 2.24) is 5.32 Å². The largest absolute Gasteiger partial charge is 0.378 e. The van der Waals surface area contributed by atoms with Gasteiger partial charge in [-0.2, -0.15) is 0 Å². The first-order valence-electron chi connectivity index (χ1n) is 7.81. The molecule has 0 radical (unpaired) electrons. The molecule has 2 rings (SSSR count). The Kier molecular flexibility index (Phi) is 8.60. The predicted molar refractivity (Wildman–Crippen MR) is 89.0 cm³/mol. The summed E-state index contributed by atoms with van der Waals surface area (Å²) in [5.74, 6) is 0. The van der Waals surface area contributed by atoms with Crippen molar-refractivity contribution in [2.24, 2.45) is 0 Å². The van der Waals surface area contributed by atoms with Crippen LogP contribution in [0.1, 0.15) is 0 Å². The quantitative estimate of drug-likeness (QED) is 0.851. The van der Waals surface area contributed by atoms with E-state index in [0.717, 1.165) is 36.9 Å². The topological polar surface area (TPSA) is 43.0 Å². The Balaban J connectivity index is 1.86. The highest BCUT2D eigenvalue weighted by Crippen LogP contribution is 2.17. The number of hydrogen-bond acceptors (Lipinski definition) is 5. The fourth-order valence-corrected chi connectivity index (χ4v) is 2.34. The number of ether oxygens (including phenoxy) is 3. The lowest BCUT2D eigenvalue weighted by Gasteiger charge is -2.25. The van der Waals surface area contributed by atoms with Gasteiger partial charge in [-0.05, 0) is 24.3 Å². The van der Waals surface area contributed by atoms with Gasteiger partial charge in [0.1, 0.15) is 0 Å². The summed E-state index contributed by atoms with van der Waals surface area (Å²) in [6, 6.07) is 7.88. The average molecular weight is 329 g/mol. The highest BCUT2D eigenvalue weighted by atomic mass is 35.5. The standard InChI is InChI=1S/C16H25ClN2O3/c17-15-1-3-16(4-2-15)19-7-11-20-9-5-18-6-10-21-13-14-22-12-8-19/h1-4,18H,5-14H2. The maximum absolute atomic E-state index is 5.96. The summed E-state index contributed by atoms with van der Waals surface area (Å²) in [4.78, 5) is 2.25. The highest BCUT2D eigenvalue weighted by molar-refractivity contribution is 6.30. The minimum atomic E-state index is 0.630. The minimum absolute atomic E-state index is 0.630. The van der Waals surface area contributed by atoms with Gasteiger partial charge in [0.2, 0.25) is 0 Å². The summed E-state index contributed by atoms with van der Waals surface area (Å²) in [5, 5.41) is 4.03. The van der Waals surface area contributed by atoms with E-state index in [0.29, 0.717) is 39.6 Å². The van der Waals surface area contributed by atoms with Crippen LogP contribution in [0, 0.1) is 0 Å². The Labute approximate surface area is 137 Å². The number of hydrogen-bond donors (Lipinski definition) is 1. The molecule has 0 aromatic heterocycles. The normalized spacial score (nSPS) is 20.1. The van der Waals surface area contributed by atoms with Gasteiger partial charge in [-0.25, -0.2) is 0 Å². The molecule has 124 valence electrons. The van der Waals surface area contributed by atoms with E-state index < -0.39 is 0 Å². The van der Waals surface area contributed by atoms with Gasteiger partial charge in [0.25, 0.3) is 0 Å². The monoisotopic (exact) mass is 328 g/mol. The second-order valence-electron chi connectivity index (χ2n) is 5.05. The minimum Gasteiger partial charge on any atom is -0.378 e. The van der Waals surface area contributed by atoms with E-state index in [4.69, 9.17) is 25.8 Å². The lowest BCUT2D eigenvalue weighted by atomic mass is 10.3. The van der Waals surface area contributed by atoms with E-state index in [2.05, 4.69) is 10.2 Å². The van der Waals surface area contributed by atoms with Crippen LogP contribution in [0.3, 0.4) is 0 Å². The number of halogens is 1. The van der Waals surface area contributed by atoms with E-state index in [9.17, 15) is 0 Å². The van der Waals surface area contributed by atoms with Crippen molar-refractivity contribution in [3.63, 3.8) is 0 Å². The van der Waals surface area contributed by atoms with Gasteiger partial charge in [0, 0.05) is 36.9 Å². The average Bonchev–Trinajstić information content (AvgIpc) is 2.54. The van der Waals surface area contributed by atoms with Crippen molar-refractivity contribution in [3.8, 4) is 0 Å². The second kappa shape index (κ2) is 10.8. The van der Waals surface area contributed by atoms with Crippen molar-refractivity contribution >= 4 is 17.3 Å². The van der Waals surface area contributed by atoms with Crippen LogP contribution in [0.25, 0.3) is 0 Å². The van der Waals surface area contributed by atoms with E-state index in [-0.39, 0.29) is 0 Å². The molecule has 1 aliphatic rings. The molecule has 1 heterocycles. The SMILES string of the molecule is Clc1ccc(N2CCOCCNCCOCCOCC2)cc1. The maximum atomic E-state index is 5.96. The number of benzene rings is 1. The molecular weight excluding hydrogens is 304 g/mol. The van der Waals surface area contributed by atoms with Crippen molar-refractivity contribution in [2.75, 3.05) is 70.7 Å². The van der Waals surface area contributed by atoms with Gasteiger partial charge in [0.15, 0.2) is 0 Å².